The van der Waals surface area contributed by atoms with Crippen LogP contribution in [-0.2, 0) is 0 Å². The van der Waals surface area contributed by atoms with E-state index in [2.05, 4.69) is 0 Å². The maximum Gasteiger partial charge on any atom is 0.290 e. The van der Waals surface area contributed by atoms with Crippen LogP contribution in [0.25, 0.3) is 0 Å². The number of ether oxygens (including phenoxy) is 1. The molecule has 0 radical (unpaired) electrons. The predicted molar refractivity (Wildman–Crippen MR) is 66.0 cm³/mol. The van der Waals surface area contributed by atoms with Crippen LogP contribution in [0.3, 0.4) is 0 Å². The fraction of sp³-hybridized carbons (Fsp3) is 0. The van der Waals surface area contributed by atoms with Gasteiger partial charge in [0.05, 0.1) is 11.0 Å². The smallest absolute Gasteiger partial charge is 0.290 e. The Morgan fingerprint density at radius 1 is 1.26 bits per heavy atom. The van der Waals surface area contributed by atoms with Crippen LogP contribution in [0.2, 0.25) is 0 Å². The average Bonchev–Trinajstić information content (AvgIpc) is 2.41. The second-order valence-electron chi connectivity index (χ2n) is 3.62. The molecule has 6 heteroatoms. The molecule has 2 rings (SSSR count). The Kier molecular flexibility index (Phi) is 3.30. The molecule has 0 aliphatic carbocycles. The normalized spacial score (nSPS) is 9.63. The van der Waals surface area contributed by atoms with Crippen LogP contribution in [0.5, 0.6) is 17.2 Å². The standard InChI is InChI=1S/C13H8N2O4/c14-8-9-5-6-10(7-11(9)15(17)18)19-13-4-2-1-3-12(13)16/h1-7,16H. The van der Waals surface area contributed by atoms with E-state index in [0.29, 0.717) is 0 Å². The number of phenolic OH excluding ortho intramolecular Hbond substituents is 1. The molecule has 0 fully saturated rings. The van der Waals surface area contributed by atoms with Crippen LogP contribution < -0.4 is 4.74 Å². The quantitative estimate of drug-likeness (QED) is 0.672. The number of nitro benzene ring substituents is 1. The van der Waals surface area contributed by atoms with Gasteiger partial charge in [-0.05, 0) is 24.3 Å². The maximum absolute atomic E-state index is 10.8. The first-order chi connectivity index (χ1) is 9.11. The van der Waals surface area contributed by atoms with Gasteiger partial charge >= 0.3 is 0 Å². The zero-order chi connectivity index (χ0) is 13.8. The van der Waals surface area contributed by atoms with Crippen molar-refractivity contribution >= 4 is 5.69 Å². The molecule has 0 unspecified atom stereocenters. The molecule has 0 spiro atoms. The lowest BCUT2D eigenvalue weighted by molar-refractivity contribution is -0.385. The lowest BCUT2D eigenvalue weighted by Crippen LogP contribution is -1.93. The number of rotatable bonds is 3. The van der Waals surface area contributed by atoms with Gasteiger partial charge in [0, 0.05) is 0 Å². The van der Waals surface area contributed by atoms with E-state index in [1.165, 1.54) is 24.3 Å². The summed E-state index contributed by atoms with van der Waals surface area (Å²) in [6, 6.07) is 11.9. The Labute approximate surface area is 108 Å². The van der Waals surface area contributed by atoms with Gasteiger partial charge in [-0.25, -0.2) is 0 Å². The van der Waals surface area contributed by atoms with E-state index in [9.17, 15) is 15.2 Å². The van der Waals surface area contributed by atoms with Crippen LogP contribution in [-0.4, -0.2) is 10.0 Å². The molecule has 0 amide bonds. The van der Waals surface area contributed by atoms with Crippen LogP contribution >= 0.6 is 0 Å². The second kappa shape index (κ2) is 5.06. The molecular formula is C13H8N2O4. The van der Waals surface area contributed by atoms with Crippen LogP contribution in [0, 0.1) is 21.4 Å². The summed E-state index contributed by atoms with van der Waals surface area (Å²) in [4.78, 5) is 10.1. The molecule has 0 atom stereocenters. The zero-order valence-electron chi connectivity index (χ0n) is 9.61. The summed E-state index contributed by atoms with van der Waals surface area (Å²) in [5, 5.41) is 29.1. The highest BCUT2D eigenvalue weighted by Gasteiger charge is 2.15. The molecule has 0 aromatic heterocycles. The lowest BCUT2D eigenvalue weighted by atomic mass is 10.2. The number of nitriles is 1. The van der Waals surface area contributed by atoms with Crippen molar-refractivity contribution in [3.63, 3.8) is 0 Å². The number of benzene rings is 2. The lowest BCUT2D eigenvalue weighted by Gasteiger charge is -2.07. The van der Waals surface area contributed by atoms with Gasteiger partial charge in [-0.15, -0.1) is 0 Å². The summed E-state index contributed by atoms with van der Waals surface area (Å²) in [6.45, 7) is 0. The number of nitro groups is 1. The summed E-state index contributed by atoms with van der Waals surface area (Å²) in [5.74, 6) is 0.281. The summed E-state index contributed by atoms with van der Waals surface area (Å²) in [5.41, 5.74) is -0.384. The Bertz CT molecular complexity index is 677. The van der Waals surface area contributed by atoms with Crippen molar-refractivity contribution < 1.29 is 14.8 Å². The fourth-order valence-corrected chi connectivity index (χ4v) is 1.49. The van der Waals surface area contributed by atoms with E-state index >= 15 is 0 Å². The molecule has 6 nitrogen and oxygen atoms in total. The second-order valence-corrected chi connectivity index (χ2v) is 3.62. The molecule has 0 saturated carbocycles. The van der Waals surface area contributed by atoms with Crippen molar-refractivity contribution in [3.05, 3.63) is 58.1 Å². The van der Waals surface area contributed by atoms with Gasteiger partial charge in [-0.2, -0.15) is 5.26 Å². The van der Waals surface area contributed by atoms with Crippen molar-refractivity contribution in [3.8, 4) is 23.3 Å². The minimum absolute atomic E-state index is 0.0466. The predicted octanol–water partition coefficient (Wildman–Crippen LogP) is 2.96. The van der Waals surface area contributed by atoms with E-state index < -0.39 is 4.92 Å². The van der Waals surface area contributed by atoms with Gasteiger partial charge in [0.15, 0.2) is 11.5 Å². The number of hydrogen-bond acceptors (Lipinski definition) is 5. The first-order valence-electron chi connectivity index (χ1n) is 5.26. The van der Waals surface area contributed by atoms with E-state index in [-0.39, 0.29) is 28.5 Å². The average molecular weight is 256 g/mol. The molecule has 1 N–H and O–H groups in total. The SMILES string of the molecule is N#Cc1ccc(Oc2ccccc2O)cc1[N+](=O)[O-]. The van der Waals surface area contributed by atoms with Gasteiger partial charge < -0.3 is 9.84 Å². The van der Waals surface area contributed by atoms with Crippen LogP contribution in [0.1, 0.15) is 5.56 Å². The maximum atomic E-state index is 10.8. The molecule has 2 aromatic carbocycles. The zero-order valence-corrected chi connectivity index (χ0v) is 9.61. The minimum Gasteiger partial charge on any atom is -0.504 e. The Hall–Kier alpha value is -3.07. The highest BCUT2D eigenvalue weighted by molar-refractivity contribution is 5.53. The first-order valence-corrected chi connectivity index (χ1v) is 5.26. The number of phenols is 1. The number of nitrogens with zero attached hydrogens (tertiary/aromatic N) is 2. The first kappa shape index (κ1) is 12.4. The van der Waals surface area contributed by atoms with Gasteiger partial charge in [-0.3, -0.25) is 10.1 Å². The fourth-order valence-electron chi connectivity index (χ4n) is 1.49. The highest BCUT2D eigenvalue weighted by Crippen LogP contribution is 2.32. The molecule has 0 aliphatic rings. The van der Waals surface area contributed by atoms with Crippen molar-refractivity contribution in [1.29, 1.82) is 5.26 Å². The molecule has 0 heterocycles. The molecule has 94 valence electrons. The monoisotopic (exact) mass is 256 g/mol. The Morgan fingerprint density at radius 2 is 2.00 bits per heavy atom. The van der Waals surface area contributed by atoms with E-state index in [1.54, 1.807) is 18.2 Å². The van der Waals surface area contributed by atoms with Crippen LogP contribution in [0.15, 0.2) is 42.5 Å². The van der Waals surface area contributed by atoms with E-state index in [1.807, 2.05) is 0 Å². The van der Waals surface area contributed by atoms with E-state index in [0.717, 1.165) is 6.07 Å². The third kappa shape index (κ3) is 2.61. The Balaban J connectivity index is 2.38. The summed E-state index contributed by atoms with van der Waals surface area (Å²) < 4.78 is 5.34. The Morgan fingerprint density at radius 3 is 2.63 bits per heavy atom. The summed E-state index contributed by atoms with van der Waals surface area (Å²) >= 11 is 0. The summed E-state index contributed by atoms with van der Waals surface area (Å²) in [6.07, 6.45) is 0. The third-order valence-corrected chi connectivity index (χ3v) is 2.38. The molecule has 0 bridgehead atoms. The van der Waals surface area contributed by atoms with Gasteiger partial charge in [-0.1, -0.05) is 12.1 Å². The van der Waals surface area contributed by atoms with Gasteiger partial charge in [0.2, 0.25) is 0 Å². The highest BCUT2D eigenvalue weighted by atomic mass is 16.6. The molecule has 2 aromatic rings. The van der Waals surface area contributed by atoms with Gasteiger partial charge in [0.25, 0.3) is 5.69 Å². The number of aromatic hydroxyl groups is 1. The third-order valence-electron chi connectivity index (χ3n) is 2.38. The topological polar surface area (TPSA) is 96.4 Å². The van der Waals surface area contributed by atoms with Gasteiger partial charge in [0.1, 0.15) is 17.4 Å². The number of para-hydroxylation sites is 2. The molecule has 0 saturated heterocycles. The molecular weight excluding hydrogens is 248 g/mol. The van der Waals surface area contributed by atoms with Crippen molar-refractivity contribution in [2.75, 3.05) is 0 Å². The molecule has 19 heavy (non-hydrogen) atoms. The summed E-state index contributed by atoms with van der Waals surface area (Å²) in [7, 11) is 0. The van der Waals surface area contributed by atoms with Crippen molar-refractivity contribution in [1.82, 2.24) is 0 Å². The van der Waals surface area contributed by atoms with Crippen LogP contribution in [0.4, 0.5) is 5.69 Å². The van der Waals surface area contributed by atoms with Crippen molar-refractivity contribution in [2.24, 2.45) is 0 Å². The minimum atomic E-state index is -0.656. The largest absolute Gasteiger partial charge is 0.504 e. The number of hydrogen-bond donors (Lipinski definition) is 1. The van der Waals surface area contributed by atoms with Crippen molar-refractivity contribution in [2.45, 2.75) is 0 Å². The molecule has 0 aliphatic heterocycles. The van der Waals surface area contributed by atoms with E-state index in [4.69, 9.17) is 10.00 Å².